The first-order chi connectivity index (χ1) is 8.52. The van der Waals surface area contributed by atoms with Crippen LogP contribution in [0.15, 0.2) is 0 Å². The van der Waals surface area contributed by atoms with Gasteiger partial charge in [0.05, 0.1) is 12.5 Å². The summed E-state index contributed by atoms with van der Waals surface area (Å²) in [4.78, 5) is 0. The summed E-state index contributed by atoms with van der Waals surface area (Å²) in [6.45, 7) is 2.27. The van der Waals surface area contributed by atoms with Crippen LogP contribution >= 0.6 is 0 Å². The molecule has 0 rings (SSSR count). The molecular formula is C11H23F3O3S2. The molecule has 19 heavy (non-hydrogen) atoms. The molecule has 0 aliphatic rings. The van der Waals surface area contributed by atoms with Crippen molar-refractivity contribution in [2.75, 3.05) is 18.3 Å². The van der Waals surface area contributed by atoms with Crippen LogP contribution in [0, 0.1) is 0 Å². The third-order valence-electron chi connectivity index (χ3n) is 2.19. The van der Waals surface area contributed by atoms with E-state index in [0.717, 1.165) is 0 Å². The molecule has 0 amide bonds. The quantitative estimate of drug-likeness (QED) is 0.312. The second kappa shape index (κ2) is 10.8. The lowest BCUT2D eigenvalue weighted by Gasteiger charge is -2.08. The zero-order valence-electron chi connectivity index (χ0n) is 11.6. The minimum Gasteiger partial charge on any atom is -0.741 e. The average Bonchev–Trinajstić information content (AvgIpc) is 2.21. The molecule has 0 aliphatic carbocycles. The molecule has 0 spiro atoms. The molecule has 0 aromatic carbocycles. The van der Waals surface area contributed by atoms with Gasteiger partial charge in [-0.25, -0.2) is 8.42 Å². The first kappa shape index (κ1) is 21.4. The summed E-state index contributed by atoms with van der Waals surface area (Å²) in [5.41, 5.74) is -5.65. The van der Waals surface area contributed by atoms with E-state index in [1.54, 1.807) is 0 Å². The number of rotatable bonds is 7. The number of halogens is 3. The number of alkyl halides is 3. The van der Waals surface area contributed by atoms with Gasteiger partial charge in [0.15, 0.2) is 10.1 Å². The maximum atomic E-state index is 10.7. The largest absolute Gasteiger partial charge is 0.741 e. The van der Waals surface area contributed by atoms with E-state index in [1.807, 2.05) is 0 Å². The molecule has 118 valence electrons. The van der Waals surface area contributed by atoms with Crippen molar-refractivity contribution in [3.63, 3.8) is 0 Å². The van der Waals surface area contributed by atoms with E-state index >= 15 is 0 Å². The Morgan fingerprint density at radius 3 is 1.68 bits per heavy atom. The summed E-state index contributed by atoms with van der Waals surface area (Å²) in [5.74, 6) is 1.45. The number of hydrogen-bond donors (Lipinski definition) is 0. The smallest absolute Gasteiger partial charge is 0.485 e. The Bertz CT molecular complexity index is 301. The molecule has 8 heteroatoms. The van der Waals surface area contributed by atoms with Crippen LogP contribution in [0.1, 0.15) is 45.4 Å². The molecular weight excluding hydrogens is 301 g/mol. The van der Waals surface area contributed by atoms with Crippen molar-refractivity contribution in [2.45, 2.75) is 51.0 Å². The summed E-state index contributed by atoms with van der Waals surface area (Å²) in [6.07, 6.45) is 13.3. The van der Waals surface area contributed by atoms with Gasteiger partial charge in [-0.15, -0.1) is 0 Å². The Morgan fingerprint density at radius 2 is 1.37 bits per heavy atom. The van der Waals surface area contributed by atoms with Crippen LogP contribution < -0.4 is 0 Å². The molecule has 0 saturated heterocycles. The molecule has 0 aromatic heterocycles. The Labute approximate surface area is 117 Å². The Morgan fingerprint density at radius 1 is 1.00 bits per heavy atom. The van der Waals surface area contributed by atoms with Crippen LogP contribution in [0.2, 0.25) is 0 Å². The highest BCUT2D eigenvalue weighted by molar-refractivity contribution is 7.95. The average molecular weight is 324 g/mol. The Kier molecular flexibility index (Phi) is 12.1. The molecule has 3 nitrogen and oxygen atoms in total. The van der Waals surface area contributed by atoms with Gasteiger partial charge in [0.1, 0.15) is 5.75 Å². The van der Waals surface area contributed by atoms with Crippen molar-refractivity contribution in [3.8, 4) is 0 Å². The first-order valence-corrected chi connectivity index (χ1v) is 9.70. The van der Waals surface area contributed by atoms with Crippen LogP contribution in [0.5, 0.6) is 0 Å². The standard InChI is InChI=1S/C10H23S.CHF3O3S/c1-4-5-6-7-8-9-10-11(2)3;2-1(3,4)8(5,6)7/h4-10H2,1-3H3;(H,5,6,7)/q+1;/p-1. The molecule has 0 atom stereocenters. The molecule has 0 fully saturated rings. The highest BCUT2D eigenvalue weighted by Crippen LogP contribution is 2.20. The van der Waals surface area contributed by atoms with Crippen LogP contribution in [-0.2, 0) is 21.0 Å². The summed E-state index contributed by atoms with van der Waals surface area (Å²) >= 11 is 0. The van der Waals surface area contributed by atoms with Crippen molar-refractivity contribution < 1.29 is 26.1 Å². The van der Waals surface area contributed by atoms with Gasteiger partial charge in [-0.1, -0.05) is 32.6 Å². The van der Waals surface area contributed by atoms with Crippen molar-refractivity contribution in [1.29, 1.82) is 0 Å². The Hall–Kier alpha value is 0.0500. The fourth-order valence-electron chi connectivity index (χ4n) is 1.17. The summed E-state index contributed by atoms with van der Waals surface area (Å²) in [5, 5.41) is 0. The van der Waals surface area contributed by atoms with E-state index in [2.05, 4.69) is 19.4 Å². The number of unbranched alkanes of at least 4 members (excludes halogenated alkanes) is 5. The van der Waals surface area contributed by atoms with Gasteiger partial charge in [-0.2, -0.15) is 13.2 Å². The second-order valence-corrected chi connectivity index (χ2v) is 8.11. The predicted octanol–water partition coefficient (Wildman–Crippen LogP) is 3.28. The lowest BCUT2D eigenvalue weighted by atomic mass is 10.1. The zero-order chi connectivity index (χ0) is 15.5. The third kappa shape index (κ3) is 16.0. The monoisotopic (exact) mass is 324 g/mol. The minimum absolute atomic E-state index is 0.677. The van der Waals surface area contributed by atoms with Gasteiger partial charge < -0.3 is 4.55 Å². The zero-order valence-corrected chi connectivity index (χ0v) is 13.3. The summed E-state index contributed by atoms with van der Waals surface area (Å²) in [7, 11) is -5.41. The third-order valence-corrected chi connectivity index (χ3v) is 3.86. The van der Waals surface area contributed by atoms with E-state index in [9.17, 15) is 13.2 Å². The van der Waals surface area contributed by atoms with Crippen LogP contribution in [0.25, 0.3) is 0 Å². The Balaban J connectivity index is 0. The maximum absolute atomic E-state index is 10.7. The first-order valence-electron chi connectivity index (χ1n) is 6.08. The minimum atomic E-state index is -6.09. The predicted molar refractivity (Wildman–Crippen MR) is 73.2 cm³/mol. The highest BCUT2D eigenvalue weighted by Gasteiger charge is 2.36. The number of hydrogen-bond acceptors (Lipinski definition) is 3. The molecule has 0 heterocycles. The van der Waals surface area contributed by atoms with Gasteiger partial charge in [0.25, 0.3) is 0 Å². The van der Waals surface area contributed by atoms with Crippen LogP contribution in [0.3, 0.4) is 0 Å². The second-order valence-electron chi connectivity index (χ2n) is 4.36. The fraction of sp³-hybridized carbons (Fsp3) is 1.00. The van der Waals surface area contributed by atoms with Crippen molar-refractivity contribution >= 4 is 21.0 Å². The topological polar surface area (TPSA) is 57.2 Å². The van der Waals surface area contributed by atoms with E-state index in [1.165, 1.54) is 44.3 Å². The molecule has 0 radical (unpaired) electrons. The van der Waals surface area contributed by atoms with Gasteiger partial charge in [-0.3, -0.25) is 0 Å². The van der Waals surface area contributed by atoms with E-state index in [-0.39, 0.29) is 0 Å². The van der Waals surface area contributed by atoms with Crippen molar-refractivity contribution in [1.82, 2.24) is 0 Å². The normalized spacial score (nSPS) is 12.2. The molecule has 0 unspecified atom stereocenters. The van der Waals surface area contributed by atoms with Gasteiger partial charge >= 0.3 is 5.51 Å². The molecule has 0 N–H and O–H groups in total. The molecule has 0 bridgehead atoms. The van der Waals surface area contributed by atoms with E-state index < -0.39 is 15.6 Å². The molecule has 0 saturated carbocycles. The van der Waals surface area contributed by atoms with E-state index in [0.29, 0.717) is 10.9 Å². The highest BCUT2D eigenvalue weighted by atomic mass is 32.2. The fourth-order valence-corrected chi connectivity index (χ4v) is 1.95. The van der Waals surface area contributed by atoms with Gasteiger partial charge in [-0.05, 0) is 23.7 Å². The molecule has 0 aliphatic heterocycles. The summed E-state index contributed by atoms with van der Waals surface area (Å²) in [6, 6.07) is 0. The van der Waals surface area contributed by atoms with Crippen LogP contribution in [-0.4, -0.2) is 36.7 Å². The molecule has 0 aromatic rings. The van der Waals surface area contributed by atoms with Crippen molar-refractivity contribution in [2.24, 2.45) is 0 Å². The van der Waals surface area contributed by atoms with Gasteiger partial charge in [0, 0.05) is 0 Å². The van der Waals surface area contributed by atoms with Gasteiger partial charge in [0.2, 0.25) is 0 Å². The van der Waals surface area contributed by atoms with Crippen LogP contribution in [0.4, 0.5) is 13.2 Å². The van der Waals surface area contributed by atoms with Crippen molar-refractivity contribution in [3.05, 3.63) is 0 Å². The lowest BCUT2D eigenvalue weighted by Crippen LogP contribution is -2.21. The maximum Gasteiger partial charge on any atom is 0.485 e. The van der Waals surface area contributed by atoms with E-state index in [4.69, 9.17) is 13.0 Å². The lowest BCUT2D eigenvalue weighted by molar-refractivity contribution is -0.0517. The SMILES string of the molecule is CCCCCCCC[S+](C)C.O=S(=O)([O-])C(F)(F)F. The summed E-state index contributed by atoms with van der Waals surface area (Å²) < 4.78 is 58.9.